The minimum absolute atomic E-state index is 0.376. The summed E-state index contributed by atoms with van der Waals surface area (Å²) < 4.78 is 0. The molecule has 1 saturated heterocycles. The van der Waals surface area contributed by atoms with Crippen molar-refractivity contribution in [2.24, 2.45) is 0 Å². The zero-order chi connectivity index (χ0) is 16.5. The molecule has 5 nitrogen and oxygen atoms in total. The van der Waals surface area contributed by atoms with Gasteiger partial charge in [-0.3, -0.25) is 4.98 Å². The minimum Gasteiger partial charge on any atom is -0.349 e. The fourth-order valence-electron chi connectivity index (χ4n) is 3.32. The Morgan fingerprint density at radius 1 is 1.04 bits per heavy atom. The van der Waals surface area contributed by atoms with Crippen LogP contribution in [0, 0.1) is 0 Å². The Hall–Kier alpha value is -2.53. The Bertz CT molecular complexity index is 849. The van der Waals surface area contributed by atoms with E-state index in [4.69, 9.17) is 0 Å². The second-order valence-electron chi connectivity index (χ2n) is 6.47. The summed E-state index contributed by atoms with van der Waals surface area (Å²) in [6.45, 7) is 6.29. The van der Waals surface area contributed by atoms with Crippen molar-refractivity contribution in [3.05, 3.63) is 48.8 Å². The Balaban J connectivity index is 1.87. The highest BCUT2D eigenvalue weighted by atomic mass is 15.3. The van der Waals surface area contributed by atoms with Gasteiger partial charge in [-0.15, -0.1) is 10.2 Å². The maximum atomic E-state index is 4.60. The van der Waals surface area contributed by atoms with Crippen LogP contribution in [-0.4, -0.2) is 40.4 Å². The molecule has 1 fully saturated rings. The highest BCUT2D eigenvalue weighted by molar-refractivity contribution is 5.99. The molecule has 1 aliphatic rings. The number of hydrogen-bond donors (Lipinski definition) is 1. The molecule has 122 valence electrons. The van der Waals surface area contributed by atoms with Crippen molar-refractivity contribution < 1.29 is 0 Å². The lowest BCUT2D eigenvalue weighted by atomic mass is 10.0. The molecule has 0 unspecified atom stereocenters. The summed E-state index contributed by atoms with van der Waals surface area (Å²) in [4.78, 5) is 6.68. The Kier molecular flexibility index (Phi) is 3.86. The highest BCUT2D eigenvalue weighted by Gasteiger charge is 2.26. The number of fused-ring (bicyclic) bond motifs is 1. The van der Waals surface area contributed by atoms with Crippen LogP contribution >= 0.6 is 0 Å². The number of nitrogens with one attached hydrogen (secondary N) is 1. The molecular weight excluding hydrogens is 298 g/mol. The molecule has 0 aliphatic carbocycles. The molecule has 1 aliphatic heterocycles. The zero-order valence-corrected chi connectivity index (χ0v) is 14.0. The Morgan fingerprint density at radius 3 is 2.71 bits per heavy atom. The van der Waals surface area contributed by atoms with E-state index >= 15 is 0 Å². The quantitative estimate of drug-likeness (QED) is 0.787. The number of hydrogen-bond acceptors (Lipinski definition) is 5. The van der Waals surface area contributed by atoms with E-state index in [9.17, 15) is 0 Å². The molecule has 24 heavy (non-hydrogen) atoms. The summed E-state index contributed by atoms with van der Waals surface area (Å²) in [6.07, 6.45) is 3.73. The van der Waals surface area contributed by atoms with Crippen molar-refractivity contribution in [2.45, 2.75) is 25.9 Å². The third kappa shape index (κ3) is 2.61. The monoisotopic (exact) mass is 319 g/mol. The number of nitrogens with zero attached hydrogens (tertiary/aromatic N) is 4. The van der Waals surface area contributed by atoms with Gasteiger partial charge in [0.05, 0.1) is 0 Å². The zero-order valence-electron chi connectivity index (χ0n) is 14.0. The van der Waals surface area contributed by atoms with Crippen molar-refractivity contribution >= 4 is 16.6 Å². The lowest BCUT2D eigenvalue weighted by molar-refractivity contribution is 0.422. The van der Waals surface area contributed by atoms with Crippen LogP contribution in [0.4, 0.5) is 5.82 Å². The number of piperazine rings is 1. The van der Waals surface area contributed by atoms with Gasteiger partial charge < -0.3 is 10.2 Å². The van der Waals surface area contributed by atoms with Crippen LogP contribution < -0.4 is 10.2 Å². The third-order valence-electron chi connectivity index (χ3n) is 4.65. The van der Waals surface area contributed by atoms with Gasteiger partial charge >= 0.3 is 0 Å². The average Bonchev–Trinajstić information content (AvgIpc) is 2.64. The Morgan fingerprint density at radius 2 is 1.88 bits per heavy atom. The SMILES string of the molecule is C[C@@H]1CN(c2nnc(-c3ccccc3)c3ccncc23)[C@@H](C)CN1. The molecule has 2 aromatic heterocycles. The predicted molar refractivity (Wildman–Crippen MR) is 97.0 cm³/mol. The molecule has 0 bridgehead atoms. The molecule has 2 atom stereocenters. The fourth-order valence-corrected chi connectivity index (χ4v) is 3.32. The van der Waals surface area contributed by atoms with Gasteiger partial charge in [-0.1, -0.05) is 30.3 Å². The molecule has 0 amide bonds. The molecule has 0 radical (unpaired) electrons. The molecule has 1 N–H and O–H groups in total. The van der Waals surface area contributed by atoms with E-state index in [0.29, 0.717) is 12.1 Å². The molecule has 0 spiro atoms. The summed E-state index contributed by atoms with van der Waals surface area (Å²) in [6, 6.07) is 13.0. The maximum Gasteiger partial charge on any atom is 0.161 e. The topological polar surface area (TPSA) is 53.9 Å². The van der Waals surface area contributed by atoms with E-state index in [2.05, 4.69) is 51.4 Å². The van der Waals surface area contributed by atoms with E-state index in [1.54, 1.807) is 0 Å². The first-order valence-electron chi connectivity index (χ1n) is 8.40. The number of rotatable bonds is 2. The van der Waals surface area contributed by atoms with Crippen molar-refractivity contribution in [2.75, 3.05) is 18.0 Å². The highest BCUT2D eigenvalue weighted by Crippen LogP contribution is 2.31. The second-order valence-corrected chi connectivity index (χ2v) is 6.47. The van der Waals surface area contributed by atoms with Crippen molar-refractivity contribution in [3.8, 4) is 11.3 Å². The van der Waals surface area contributed by atoms with Crippen LogP contribution in [0.25, 0.3) is 22.0 Å². The molecule has 0 saturated carbocycles. The minimum atomic E-state index is 0.376. The van der Waals surface area contributed by atoms with Gasteiger partial charge in [0.1, 0.15) is 5.69 Å². The smallest absolute Gasteiger partial charge is 0.161 e. The van der Waals surface area contributed by atoms with Crippen LogP contribution in [0.2, 0.25) is 0 Å². The van der Waals surface area contributed by atoms with Crippen LogP contribution in [0.15, 0.2) is 48.8 Å². The van der Waals surface area contributed by atoms with Gasteiger partial charge in [-0.25, -0.2) is 0 Å². The maximum absolute atomic E-state index is 4.60. The van der Waals surface area contributed by atoms with E-state index in [1.165, 1.54) is 0 Å². The normalized spacial score (nSPS) is 21.2. The lowest BCUT2D eigenvalue weighted by Crippen LogP contribution is -2.54. The predicted octanol–water partition coefficient (Wildman–Crippen LogP) is 2.88. The molecule has 4 rings (SSSR count). The van der Waals surface area contributed by atoms with E-state index in [-0.39, 0.29) is 0 Å². The van der Waals surface area contributed by atoms with Gasteiger partial charge in [-0.2, -0.15) is 0 Å². The van der Waals surface area contributed by atoms with Gasteiger partial charge in [0.15, 0.2) is 5.82 Å². The largest absolute Gasteiger partial charge is 0.349 e. The van der Waals surface area contributed by atoms with Crippen molar-refractivity contribution in [1.82, 2.24) is 20.5 Å². The van der Waals surface area contributed by atoms with Crippen LogP contribution in [-0.2, 0) is 0 Å². The molecule has 1 aromatic carbocycles. The number of aromatic nitrogens is 3. The number of pyridine rings is 1. The lowest BCUT2D eigenvalue weighted by Gasteiger charge is -2.38. The average molecular weight is 319 g/mol. The summed E-state index contributed by atoms with van der Waals surface area (Å²) in [7, 11) is 0. The van der Waals surface area contributed by atoms with E-state index in [0.717, 1.165) is 40.9 Å². The molecular formula is C19H21N5. The summed E-state index contributed by atoms with van der Waals surface area (Å²) >= 11 is 0. The van der Waals surface area contributed by atoms with Crippen LogP contribution in [0.1, 0.15) is 13.8 Å². The fraction of sp³-hybridized carbons (Fsp3) is 0.316. The molecule has 3 heterocycles. The molecule has 5 heteroatoms. The van der Waals surface area contributed by atoms with E-state index < -0.39 is 0 Å². The van der Waals surface area contributed by atoms with Gasteiger partial charge in [0.25, 0.3) is 0 Å². The number of benzene rings is 1. The number of anilines is 1. The van der Waals surface area contributed by atoms with Crippen molar-refractivity contribution in [3.63, 3.8) is 0 Å². The summed E-state index contributed by atoms with van der Waals surface area (Å²) in [5, 5.41) is 14.8. The van der Waals surface area contributed by atoms with Gasteiger partial charge in [-0.05, 0) is 19.9 Å². The standard InChI is InChI=1S/C19H21N5/c1-13-12-24(14(2)10-21-13)19-17-11-20-9-8-16(17)18(22-23-19)15-6-4-3-5-7-15/h3-9,11,13-14,21H,10,12H2,1-2H3/t13-,14+/m1/s1. The molecule has 3 aromatic rings. The first-order valence-corrected chi connectivity index (χ1v) is 8.40. The summed E-state index contributed by atoms with van der Waals surface area (Å²) in [5.74, 6) is 0.929. The van der Waals surface area contributed by atoms with Crippen molar-refractivity contribution in [1.29, 1.82) is 0 Å². The second kappa shape index (κ2) is 6.17. The van der Waals surface area contributed by atoms with Crippen LogP contribution in [0.3, 0.4) is 0 Å². The van der Waals surface area contributed by atoms with Crippen LogP contribution in [0.5, 0.6) is 0 Å². The van der Waals surface area contributed by atoms with Gasteiger partial charge in [0, 0.05) is 53.9 Å². The third-order valence-corrected chi connectivity index (χ3v) is 4.65. The summed E-state index contributed by atoms with van der Waals surface area (Å²) in [5.41, 5.74) is 1.99. The first kappa shape index (κ1) is 15.0. The Labute approximate surface area is 141 Å². The first-order chi connectivity index (χ1) is 11.7. The van der Waals surface area contributed by atoms with Gasteiger partial charge in [0.2, 0.25) is 0 Å². The van der Waals surface area contributed by atoms with E-state index in [1.807, 2.05) is 36.7 Å².